The summed E-state index contributed by atoms with van der Waals surface area (Å²) < 4.78 is 45.1. The number of pyridine rings is 1. The van der Waals surface area contributed by atoms with E-state index in [9.17, 15) is 13.7 Å². The van der Waals surface area contributed by atoms with Gasteiger partial charge in [-0.05, 0) is 55.0 Å². The smallest absolute Gasteiger partial charge is 0.215 e. The van der Waals surface area contributed by atoms with Crippen LogP contribution in [0.25, 0.3) is 22.2 Å². The molecule has 8 heteroatoms. The van der Waals surface area contributed by atoms with E-state index in [1.807, 2.05) is 10.8 Å². The van der Waals surface area contributed by atoms with Gasteiger partial charge in [-0.1, -0.05) is 20.8 Å². The van der Waals surface area contributed by atoms with Crippen LogP contribution in [0.1, 0.15) is 57.7 Å². The first kappa shape index (κ1) is 22.4. The zero-order valence-electron chi connectivity index (χ0n) is 18.7. The minimum Gasteiger partial charge on any atom is -0.347 e. The Balaban J connectivity index is 1.87. The van der Waals surface area contributed by atoms with Gasteiger partial charge in [-0.2, -0.15) is 5.26 Å². The molecule has 1 aliphatic carbocycles. The van der Waals surface area contributed by atoms with E-state index in [2.05, 4.69) is 36.5 Å². The van der Waals surface area contributed by atoms with Crippen LogP contribution in [0.3, 0.4) is 0 Å². The van der Waals surface area contributed by atoms with Crippen molar-refractivity contribution in [3.8, 4) is 17.3 Å². The largest absolute Gasteiger partial charge is 0.347 e. The van der Waals surface area contributed by atoms with Crippen LogP contribution in [0.5, 0.6) is 0 Å². The zero-order chi connectivity index (χ0) is 23.3. The van der Waals surface area contributed by atoms with Gasteiger partial charge in [0.05, 0.1) is 16.5 Å². The fourth-order valence-electron chi connectivity index (χ4n) is 4.00. The number of hydrogen-bond donors (Lipinski definition) is 1. The molecular weight excluding hydrogens is 427 g/mol. The van der Waals surface area contributed by atoms with E-state index >= 15 is 4.39 Å². The monoisotopic (exact) mass is 454 g/mol. The molecule has 2 aromatic heterocycles. The van der Waals surface area contributed by atoms with E-state index < -0.39 is 21.9 Å². The van der Waals surface area contributed by atoms with Crippen LogP contribution in [0.2, 0.25) is 0 Å². The molecule has 0 unspecified atom stereocenters. The third-order valence-corrected chi connectivity index (χ3v) is 7.63. The lowest BCUT2D eigenvalue weighted by atomic mass is 9.96. The van der Waals surface area contributed by atoms with Crippen molar-refractivity contribution in [1.82, 2.24) is 14.3 Å². The predicted molar refractivity (Wildman–Crippen MR) is 123 cm³/mol. The van der Waals surface area contributed by atoms with Gasteiger partial charge >= 0.3 is 0 Å². The van der Waals surface area contributed by atoms with Crippen LogP contribution in [0, 0.1) is 22.6 Å². The lowest BCUT2D eigenvalue weighted by Crippen LogP contribution is -2.29. The van der Waals surface area contributed by atoms with Crippen molar-refractivity contribution in [2.45, 2.75) is 58.4 Å². The molecule has 1 N–H and O–H groups in total. The Hall–Kier alpha value is -2.76. The Morgan fingerprint density at radius 1 is 1.34 bits per heavy atom. The average Bonchev–Trinajstić information content (AvgIpc) is 3.51. The van der Waals surface area contributed by atoms with Crippen molar-refractivity contribution in [2.75, 3.05) is 0 Å². The molecule has 0 aliphatic heterocycles. The first-order valence-electron chi connectivity index (χ1n) is 10.7. The van der Waals surface area contributed by atoms with E-state index in [0.717, 1.165) is 11.1 Å². The summed E-state index contributed by atoms with van der Waals surface area (Å²) in [4.78, 5) is 4.24. The van der Waals surface area contributed by atoms with E-state index in [4.69, 9.17) is 0 Å². The Morgan fingerprint density at radius 3 is 2.69 bits per heavy atom. The number of nitrogens with one attached hydrogen (secondary N) is 1. The van der Waals surface area contributed by atoms with Crippen molar-refractivity contribution >= 4 is 20.9 Å². The number of rotatable bonds is 6. The van der Waals surface area contributed by atoms with E-state index in [0.29, 0.717) is 36.0 Å². The summed E-state index contributed by atoms with van der Waals surface area (Å²) in [7, 11) is -3.40. The minimum atomic E-state index is -3.40. The Bertz CT molecular complexity index is 1330. The molecule has 168 valence electrons. The number of hydrogen-bond acceptors (Lipinski definition) is 4. The molecule has 1 fully saturated rings. The maximum Gasteiger partial charge on any atom is 0.215 e. The van der Waals surface area contributed by atoms with Gasteiger partial charge in [-0.25, -0.2) is 17.5 Å². The summed E-state index contributed by atoms with van der Waals surface area (Å²) in [6, 6.07) is 7.97. The number of sulfonamides is 1. The van der Waals surface area contributed by atoms with Gasteiger partial charge < -0.3 is 4.57 Å². The second-order valence-electron chi connectivity index (χ2n) is 9.72. The standard InChI is InChI=1S/C24H27FN4O2S/c1-15(28-32(30,31)17-7-8-17)20-13-29(14-24(2,3)4)22-11-19(21(25)10-18(20)22)23-16(12-26)6-5-9-27-23/h5-6,9-11,13,15,17,28H,7-8,14H2,1-4H3/t15-/m0/s1. The fourth-order valence-corrected chi connectivity index (χ4v) is 5.57. The normalized spacial score (nSPS) is 15.6. The van der Waals surface area contributed by atoms with Crippen molar-refractivity contribution in [2.24, 2.45) is 5.41 Å². The topological polar surface area (TPSA) is 87.8 Å². The van der Waals surface area contributed by atoms with Gasteiger partial charge in [-0.15, -0.1) is 0 Å². The second kappa shape index (κ2) is 7.98. The van der Waals surface area contributed by atoms with E-state index in [1.54, 1.807) is 25.1 Å². The SMILES string of the molecule is C[C@H](NS(=O)(=O)C1CC1)c1cn(CC(C)(C)C)c2cc(-c3ncccc3C#N)c(F)cc12. The summed E-state index contributed by atoms with van der Waals surface area (Å²) in [6.45, 7) is 8.76. The summed E-state index contributed by atoms with van der Waals surface area (Å²) >= 11 is 0. The molecule has 0 bridgehead atoms. The predicted octanol–water partition coefficient (Wildman–Crippen LogP) is 4.90. The molecule has 6 nitrogen and oxygen atoms in total. The third kappa shape index (κ3) is 4.41. The minimum absolute atomic E-state index is 0.0582. The van der Waals surface area contributed by atoms with Gasteiger partial charge in [0.15, 0.2) is 0 Å². The molecule has 0 amide bonds. The van der Waals surface area contributed by atoms with Gasteiger partial charge in [0.2, 0.25) is 10.0 Å². The fraction of sp³-hybridized carbons (Fsp3) is 0.417. The van der Waals surface area contributed by atoms with Crippen LogP contribution in [0.15, 0.2) is 36.7 Å². The lowest BCUT2D eigenvalue weighted by molar-refractivity contribution is 0.349. The molecule has 3 aromatic rings. The molecule has 32 heavy (non-hydrogen) atoms. The molecule has 1 saturated carbocycles. The van der Waals surface area contributed by atoms with Crippen molar-refractivity contribution < 1.29 is 12.8 Å². The molecule has 1 aromatic carbocycles. The quantitative estimate of drug-likeness (QED) is 0.574. The summed E-state index contributed by atoms with van der Waals surface area (Å²) in [6.07, 6.45) is 4.80. The number of nitrogens with zero attached hydrogens (tertiary/aromatic N) is 3. The zero-order valence-corrected chi connectivity index (χ0v) is 19.5. The van der Waals surface area contributed by atoms with E-state index in [1.165, 1.54) is 12.3 Å². The van der Waals surface area contributed by atoms with Crippen LogP contribution in [0.4, 0.5) is 4.39 Å². The molecule has 1 atom stereocenters. The number of aromatic nitrogens is 2. The first-order valence-corrected chi connectivity index (χ1v) is 12.2. The molecule has 2 heterocycles. The highest BCUT2D eigenvalue weighted by Gasteiger charge is 2.37. The van der Waals surface area contributed by atoms with Crippen LogP contribution in [-0.4, -0.2) is 23.2 Å². The number of fused-ring (bicyclic) bond motifs is 1. The Morgan fingerprint density at radius 2 is 2.06 bits per heavy atom. The number of halogens is 1. The van der Waals surface area contributed by atoms with Crippen molar-refractivity contribution in [3.63, 3.8) is 0 Å². The average molecular weight is 455 g/mol. The van der Waals surface area contributed by atoms with Crippen LogP contribution >= 0.6 is 0 Å². The lowest BCUT2D eigenvalue weighted by Gasteiger charge is -2.20. The highest BCUT2D eigenvalue weighted by molar-refractivity contribution is 7.90. The van der Waals surface area contributed by atoms with Crippen molar-refractivity contribution in [3.05, 3.63) is 53.6 Å². The Labute approximate surface area is 188 Å². The van der Waals surface area contributed by atoms with Crippen LogP contribution < -0.4 is 4.72 Å². The van der Waals surface area contributed by atoms with Gasteiger partial charge in [0.25, 0.3) is 0 Å². The maximum absolute atomic E-state index is 15.3. The van der Waals surface area contributed by atoms with Gasteiger partial charge in [0, 0.05) is 41.4 Å². The second-order valence-corrected chi connectivity index (χ2v) is 11.7. The Kier molecular flexibility index (Phi) is 5.60. The highest BCUT2D eigenvalue weighted by Crippen LogP contribution is 2.36. The first-order chi connectivity index (χ1) is 15.0. The summed E-state index contributed by atoms with van der Waals surface area (Å²) in [5.41, 5.74) is 2.28. The number of nitriles is 1. The summed E-state index contributed by atoms with van der Waals surface area (Å²) in [5, 5.41) is 9.76. The maximum atomic E-state index is 15.3. The van der Waals surface area contributed by atoms with Crippen LogP contribution in [-0.2, 0) is 16.6 Å². The number of benzene rings is 1. The van der Waals surface area contributed by atoms with Gasteiger partial charge in [-0.3, -0.25) is 4.98 Å². The molecule has 0 saturated heterocycles. The molecular formula is C24H27FN4O2S. The summed E-state index contributed by atoms with van der Waals surface area (Å²) in [5.74, 6) is -0.500. The van der Waals surface area contributed by atoms with Crippen molar-refractivity contribution in [1.29, 1.82) is 5.26 Å². The molecule has 1 aliphatic rings. The molecule has 0 radical (unpaired) electrons. The molecule has 4 rings (SSSR count). The third-order valence-electron chi connectivity index (χ3n) is 5.60. The van der Waals surface area contributed by atoms with Gasteiger partial charge in [0.1, 0.15) is 11.9 Å². The highest BCUT2D eigenvalue weighted by atomic mass is 32.2. The van der Waals surface area contributed by atoms with E-state index in [-0.39, 0.29) is 16.2 Å². The molecule has 0 spiro atoms.